The Bertz CT molecular complexity index is 132. The van der Waals surface area contributed by atoms with Gasteiger partial charge in [0.25, 0.3) is 0 Å². The number of rotatable bonds is 3. The first-order valence-corrected chi connectivity index (χ1v) is 3.13. The van der Waals surface area contributed by atoms with Crippen LogP contribution in [0.4, 0.5) is 0 Å². The normalized spacial score (nSPS) is 12.3. The van der Waals surface area contributed by atoms with Gasteiger partial charge in [-0.25, -0.2) is 0 Å². The van der Waals surface area contributed by atoms with Crippen molar-refractivity contribution in [1.82, 2.24) is 4.90 Å². The summed E-state index contributed by atoms with van der Waals surface area (Å²) in [6.45, 7) is 5.30. The van der Waals surface area contributed by atoms with E-state index in [0.29, 0.717) is 6.54 Å². The summed E-state index contributed by atoms with van der Waals surface area (Å²) in [5.41, 5.74) is 0. The number of hydrogen-bond acceptors (Lipinski definition) is 2. The van der Waals surface area contributed by atoms with Gasteiger partial charge in [-0.15, -0.1) is 0 Å². The standard InChI is InChI=1S/C7H13NO2/c1-4-7(10)8(3)5-6(2)9/h4,6,9H,1,5H2,2-3H3. The first-order valence-electron chi connectivity index (χ1n) is 3.13. The van der Waals surface area contributed by atoms with Crippen molar-refractivity contribution in [2.24, 2.45) is 0 Å². The molecule has 0 saturated heterocycles. The van der Waals surface area contributed by atoms with Crippen LogP contribution in [0.1, 0.15) is 6.92 Å². The summed E-state index contributed by atoms with van der Waals surface area (Å²) in [4.78, 5) is 12.2. The lowest BCUT2D eigenvalue weighted by Crippen LogP contribution is -2.31. The van der Waals surface area contributed by atoms with Crippen molar-refractivity contribution < 1.29 is 9.90 Å². The summed E-state index contributed by atoms with van der Waals surface area (Å²) in [5.74, 6) is -0.166. The number of nitrogens with zero attached hydrogens (tertiary/aromatic N) is 1. The lowest BCUT2D eigenvalue weighted by Gasteiger charge is -2.16. The Labute approximate surface area is 61.0 Å². The van der Waals surface area contributed by atoms with Crippen molar-refractivity contribution >= 4 is 5.91 Å². The van der Waals surface area contributed by atoms with Crippen molar-refractivity contribution in [1.29, 1.82) is 0 Å². The number of hydrogen-bond donors (Lipinski definition) is 1. The van der Waals surface area contributed by atoms with E-state index in [1.165, 1.54) is 11.0 Å². The maximum atomic E-state index is 10.7. The van der Waals surface area contributed by atoms with Gasteiger partial charge >= 0.3 is 0 Å². The minimum Gasteiger partial charge on any atom is -0.392 e. The molecule has 1 atom stereocenters. The average Bonchev–Trinajstić information content (AvgIpc) is 1.85. The molecule has 0 rings (SSSR count). The Hall–Kier alpha value is -0.830. The maximum Gasteiger partial charge on any atom is 0.245 e. The second-order valence-corrected chi connectivity index (χ2v) is 2.27. The van der Waals surface area contributed by atoms with Crippen LogP contribution in [0.15, 0.2) is 12.7 Å². The molecule has 1 N–H and O–H groups in total. The highest BCUT2D eigenvalue weighted by Gasteiger charge is 2.05. The van der Waals surface area contributed by atoms with Gasteiger partial charge in [-0.3, -0.25) is 4.79 Å². The minimum atomic E-state index is -0.478. The fourth-order valence-corrected chi connectivity index (χ4v) is 0.642. The summed E-state index contributed by atoms with van der Waals surface area (Å²) >= 11 is 0. The topological polar surface area (TPSA) is 40.5 Å². The van der Waals surface area contributed by atoms with Gasteiger partial charge in [0.1, 0.15) is 0 Å². The van der Waals surface area contributed by atoms with Crippen molar-refractivity contribution in [2.75, 3.05) is 13.6 Å². The van der Waals surface area contributed by atoms with Crippen molar-refractivity contribution in [3.63, 3.8) is 0 Å². The zero-order valence-corrected chi connectivity index (χ0v) is 6.37. The predicted octanol–water partition coefficient (Wildman–Crippen LogP) is 0.0116. The van der Waals surface area contributed by atoms with Gasteiger partial charge in [-0.05, 0) is 13.0 Å². The summed E-state index contributed by atoms with van der Waals surface area (Å²) in [6.07, 6.45) is 0.747. The number of amides is 1. The molecule has 0 fully saturated rings. The second kappa shape index (κ2) is 4.06. The molecule has 0 spiro atoms. The average molecular weight is 143 g/mol. The fourth-order valence-electron chi connectivity index (χ4n) is 0.642. The molecule has 0 heterocycles. The third-order valence-corrected chi connectivity index (χ3v) is 1.09. The van der Waals surface area contributed by atoms with Gasteiger partial charge in [-0.1, -0.05) is 6.58 Å². The molecule has 1 amide bonds. The van der Waals surface area contributed by atoms with E-state index in [2.05, 4.69) is 6.58 Å². The highest BCUT2D eigenvalue weighted by molar-refractivity contribution is 5.86. The first-order chi connectivity index (χ1) is 4.57. The van der Waals surface area contributed by atoms with E-state index in [-0.39, 0.29) is 5.91 Å². The Morgan fingerprint density at radius 1 is 1.90 bits per heavy atom. The number of carbonyl (C=O) groups excluding carboxylic acids is 1. The molecular weight excluding hydrogens is 130 g/mol. The van der Waals surface area contributed by atoms with E-state index in [1.54, 1.807) is 14.0 Å². The first kappa shape index (κ1) is 9.17. The summed E-state index contributed by atoms with van der Waals surface area (Å²) in [6, 6.07) is 0. The van der Waals surface area contributed by atoms with E-state index >= 15 is 0 Å². The summed E-state index contributed by atoms with van der Waals surface area (Å²) in [7, 11) is 1.62. The van der Waals surface area contributed by atoms with Crippen LogP contribution in [0.3, 0.4) is 0 Å². The molecule has 58 valence electrons. The van der Waals surface area contributed by atoms with Gasteiger partial charge in [0.05, 0.1) is 6.10 Å². The molecule has 3 heteroatoms. The Balaban J connectivity index is 3.72. The lowest BCUT2D eigenvalue weighted by atomic mass is 10.3. The molecule has 0 aliphatic rings. The van der Waals surface area contributed by atoms with Crippen molar-refractivity contribution in [2.45, 2.75) is 13.0 Å². The van der Waals surface area contributed by atoms with Gasteiger partial charge in [-0.2, -0.15) is 0 Å². The molecule has 0 bridgehead atoms. The van der Waals surface area contributed by atoms with Crippen LogP contribution in [0.5, 0.6) is 0 Å². The van der Waals surface area contributed by atoms with Crippen molar-refractivity contribution in [3.8, 4) is 0 Å². The summed E-state index contributed by atoms with van der Waals surface area (Å²) < 4.78 is 0. The molecule has 0 aliphatic carbocycles. The number of aliphatic hydroxyl groups excluding tert-OH is 1. The van der Waals surface area contributed by atoms with Crippen LogP contribution in [0.2, 0.25) is 0 Å². The highest BCUT2D eigenvalue weighted by atomic mass is 16.3. The third kappa shape index (κ3) is 3.25. The second-order valence-electron chi connectivity index (χ2n) is 2.27. The van der Waals surface area contributed by atoms with Crippen LogP contribution in [-0.4, -0.2) is 35.6 Å². The molecule has 0 radical (unpaired) electrons. The molecule has 0 aromatic rings. The molecule has 0 aromatic heterocycles. The van der Waals surface area contributed by atoms with Crippen molar-refractivity contribution in [3.05, 3.63) is 12.7 Å². The van der Waals surface area contributed by atoms with Gasteiger partial charge in [0.15, 0.2) is 0 Å². The SMILES string of the molecule is C=CC(=O)N(C)CC(C)O. The lowest BCUT2D eigenvalue weighted by molar-refractivity contribution is -0.125. The van der Waals surface area contributed by atoms with E-state index in [0.717, 1.165) is 0 Å². The largest absolute Gasteiger partial charge is 0.392 e. The predicted molar refractivity (Wildman–Crippen MR) is 39.5 cm³/mol. The van der Waals surface area contributed by atoms with Gasteiger partial charge in [0, 0.05) is 13.6 Å². The molecule has 10 heavy (non-hydrogen) atoms. The monoisotopic (exact) mass is 143 g/mol. The van der Waals surface area contributed by atoms with E-state index in [4.69, 9.17) is 5.11 Å². The Kier molecular flexibility index (Phi) is 3.72. The molecule has 3 nitrogen and oxygen atoms in total. The zero-order chi connectivity index (χ0) is 8.15. The number of likely N-dealkylation sites (N-methyl/N-ethyl adjacent to an activating group) is 1. The molecule has 0 saturated carbocycles. The minimum absolute atomic E-state index is 0.166. The van der Waals surface area contributed by atoms with Gasteiger partial charge in [0.2, 0.25) is 5.91 Å². The van der Waals surface area contributed by atoms with E-state index in [9.17, 15) is 4.79 Å². The van der Waals surface area contributed by atoms with Crippen LogP contribution in [0.25, 0.3) is 0 Å². The van der Waals surface area contributed by atoms with E-state index < -0.39 is 6.10 Å². The smallest absolute Gasteiger partial charge is 0.245 e. The molecular formula is C7H13NO2. The number of carbonyl (C=O) groups is 1. The zero-order valence-electron chi connectivity index (χ0n) is 6.37. The Morgan fingerprint density at radius 3 is 2.70 bits per heavy atom. The number of aliphatic hydroxyl groups is 1. The quantitative estimate of drug-likeness (QED) is 0.565. The highest BCUT2D eigenvalue weighted by Crippen LogP contribution is 1.88. The fraction of sp³-hybridized carbons (Fsp3) is 0.571. The molecule has 1 unspecified atom stereocenters. The van der Waals surface area contributed by atoms with Crippen LogP contribution in [0, 0.1) is 0 Å². The third-order valence-electron chi connectivity index (χ3n) is 1.09. The van der Waals surface area contributed by atoms with Crippen LogP contribution >= 0.6 is 0 Å². The van der Waals surface area contributed by atoms with Gasteiger partial charge < -0.3 is 10.0 Å². The van der Waals surface area contributed by atoms with E-state index in [1.807, 2.05) is 0 Å². The molecule has 0 aliphatic heterocycles. The van der Waals surface area contributed by atoms with Crippen LogP contribution in [-0.2, 0) is 4.79 Å². The molecule has 0 aromatic carbocycles. The maximum absolute atomic E-state index is 10.7. The summed E-state index contributed by atoms with van der Waals surface area (Å²) in [5, 5.41) is 8.84. The van der Waals surface area contributed by atoms with Crippen LogP contribution < -0.4 is 0 Å². The Morgan fingerprint density at radius 2 is 2.40 bits per heavy atom.